The molecule has 3 heteroatoms. The van der Waals surface area contributed by atoms with Crippen LogP contribution in [-0.2, 0) is 4.79 Å². The van der Waals surface area contributed by atoms with Crippen LogP contribution in [0, 0.1) is 0 Å². The van der Waals surface area contributed by atoms with E-state index in [9.17, 15) is 4.79 Å². The van der Waals surface area contributed by atoms with Crippen molar-refractivity contribution in [2.75, 3.05) is 7.05 Å². The minimum atomic E-state index is 0.532. The van der Waals surface area contributed by atoms with Crippen molar-refractivity contribution in [3.63, 3.8) is 0 Å². The quantitative estimate of drug-likeness (QED) is 0.312. The first-order valence-electron chi connectivity index (χ1n) is 2.56. The molecule has 50 valence electrons. The molecule has 3 N–H and O–H groups in total. The van der Waals surface area contributed by atoms with Crippen LogP contribution in [0.4, 0.5) is 0 Å². The summed E-state index contributed by atoms with van der Waals surface area (Å²) >= 11 is 0. The van der Waals surface area contributed by atoms with Crippen molar-refractivity contribution in [3.05, 3.63) is 24.0 Å². The van der Waals surface area contributed by atoms with E-state index in [2.05, 4.69) is 5.32 Å². The van der Waals surface area contributed by atoms with E-state index in [-0.39, 0.29) is 0 Å². The first-order chi connectivity index (χ1) is 4.31. The zero-order valence-electron chi connectivity index (χ0n) is 5.29. The van der Waals surface area contributed by atoms with E-state index in [4.69, 9.17) is 5.73 Å². The molecule has 0 rings (SSSR count). The normalized spacial score (nSPS) is 11.9. The van der Waals surface area contributed by atoms with Gasteiger partial charge in [-0.05, 0) is 12.2 Å². The average Bonchev–Trinajstić information content (AvgIpc) is 1.85. The molecule has 0 aliphatic rings. The molecule has 0 atom stereocenters. The van der Waals surface area contributed by atoms with Gasteiger partial charge in [0.05, 0.1) is 0 Å². The molecule has 0 heterocycles. The van der Waals surface area contributed by atoms with Gasteiger partial charge in [0.1, 0.15) is 6.29 Å². The predicted molar refractivity (Wildman–Crippen MR) is 36.5 cm³/mol. The molecule has 0 radical (unpaired) electrons. The van der Waals surface area contributed by atoms with Crippen LogP contribution >= 0.6 is 0 Å². The van der Waals surface area contributed by atoms with E-state index < -0.39 is 0 Å². The van der Waals surface area contributed by atoms with Crippen molar-refractivity contribution >= 4 is 6.29 Å². The van der Waals surface area contributed by atoms with Gasteiger partial charge in [-0.15, -0.1) is 0 Å². The number of rotatable bonds is 3. The second-order valence-corrected chi connectivity index (χ2v) is 1.43. The van der Waals surface area contributed by atoms with Gasteiger partial charge in [0, 0.05) is 18.9 Å². The Hall–Kier alpha value is -1.25. The van der Waals surface area contributed by atoms with Crippen LogP contribution in [-0.4, -0.2) is 13.3 Å². The van der Waals surface area contributed by atoms with E-state index in [0.29, 0.717) is 12.0 Å². The highest BCUT2D eigenvalue weighted by atomic mass is 16.1. The first kappa shape index (κ1) is 7.75. The summed E-state index contributed by atoms with van der Waals surface area (Å²) in [5, 5.41) is 2.72. The molecule has 0 unspecified atom stereocenters. The summed E-state index contributed by atoms with van der Waals surface area (Å²) in [5.74, 6) is 0. The minimum Gasteiger partial charge on any atom is -0.398 e. The molecule has 0 spiro atoms. The maximum atomic E-state index is 9.72. The summed E-state index contributed by atoms with van der Waals surface area (Å²) < 4.78 is 0. The van der Waals surface area contributed by atoms with Crippen molar-refractivity contribution in [1.29, 1.82) is 0 Å². The topological polar surface area (TPSA) is 55.1 Å². The molecule has 0 saturated heterocycles. The number of carbonyl (C=O) groups excluding carboxylic acids is 1. The van der Waals surface area contributed by atoms with Gasteiger partial charge in [-0.25, -0.2) is 0 Å². The predicted octanol–water partition coefficient (Wildman–Crippen LogP) is -0.239. The molecule has 0 aromatic carbocycles. The van der Waals surface area contributed by atoms with Crippen LogP contribution in [0.25, 0.3) is 0 Å². The molecule has 0 aliphatic heterocycles. The second kappa shape index (κ2) is 4.90. The Labute approximate surface area is 54.2 Å². The first-order valence-corrected chi connectivity index (χ1v) is 2.56. The van der Waals surface area contributed by atoms with Gasteiger partial charge in [0.25, 0.3) is 0 Å². The number of hydrogen-bond acceptors (Lipinski definition) is 3. The summed E-state index contributed by atoms with van der Waals surface area (Å²) in [7, 11) is 1.74. The van der Waals surface area contributed by atoms with Crippen molar-refractivity contribution in [1.82, 2.24) is 5.32 Å². The maximum Gasteiger partial charge on any atom is 0.142 e. The zero-order valence-corrected chi connectivity index (χ0v) is 5.29. The van der Waals surface area contributed by atoms with E-state index in [1.807, 2.05) is 0 Å². The maximum absolute atomic E-state index is 9.72. The highest BCUT2D eigenvalue weighted by Gasteiger charge is 1.75. The third-order valence-electron chi connectivity index (χ3n) is 0.678. The van der Waals surface area contributed by atoms with Gasteiger partial charge in [-0.3, -0.25) is 4.79 Å². The monoisotopic (exact) mass is 126 g/mol. The number of aldehydes is 1. The summed E-state index contributed by atoms with van der Waals surface area (Å²) in [4.78, 5) is 9.72. The third-order valence-corrected chi connectivity index (χ3v) is 0.678. The average molecular weight is 126 g/mol. The van der Waals surface area contributed by atoms with E-state index in [1.54, 1.807) is 13.2 Å². The fourth-order valence-electron chi connectivity index (χ4n) is 0.365. The van der Waals surface area contributed by atoms with Crippen LogP contribution in [0.1, 0.15) is 0 Å². The van der Waals surface area contributed by atoms with Crippen LogP contribution in [0.15, 0.2) is 24.0 Å². The van der Waals surface area contributed by atoms with Crippen molar-refractivity contribution in [2.24, 2.45) is 5.73 Å². The molecule has 0 amide bonds. The Kier molecular flexibility index (Phi) is 4.22. The molecule has 9 heavy (non-hydrogen) atoms. The Bertz CT molecular complexity index is 138. The minimum absolute atomic E-state index is 0.532. The molecule has 0 fully saturated rings. The molecule has 0 bridgehead atoms. The van der Waals surface area contributed by atoms with Crippen LogP contribution in [0.3, 0.4) is 0 Å². The lowest BCUT2D eigenvalue weighted by atomic mass is 10.4. The standard InChI is InChI=1S/C6H10N2O/c1-8-5-6(7)3-2-4-9/h2-5,8H,7H2,1H3/b3-2-,6-5+. The summed E-state index contributed by atoms with van der Waals surface area (Å²) in [6, 6.07) is 0. The highest BCUT2D eigenvalue weighted by molar-refractivity contribution is 5.65. The molecule has 3 nitrogen and oxygen atoms in total. The van der Waals surface area contributed by atoms with Crippen molar-refractivity contribution < 1.29 is 4.79 Å². The van der Waals surface area contributed by atoms with E-state index >= 15 is 0 Å². The van der Waals surface area contributed by atoms with Gasteiger partial charge in [0.2, 0.25) is 0 Å². The van der Waals surface area contributed by atoms with Gasteiger partial charge in [0.15, 0.2) is 0 Å². The number of carbonyl (C=O) groups is 1. The number of hydrogen-bond donors (Lipinski definition) is 2. The molecule has 0 aromatic rings. The number of nitrogens with two attached hydrogens (primary N) is 1. The second-order valence-electron chi connectivity index (χ2n) is 1.43. The van der Waals surface area contributed by atoms with Gasteiger partial charge < -0.3 is 11.1 Å². The van der Waals surface area contributed by atoms with Gasteiger partial charge in [-0.2, -0.15) is 0 Å². The number of allylic oxidation sites excluding steroid dienone is 2. The van der Waals surface area contributed by atoms with Crippen LogP contribution < -0.4 is 11.1 Å². The number of nitrogens with one attached hydrogen (secondary N) is 1. The summed E-state index contributed by atoms with van der Waals surface area (Å²) in [5.41, 5.74) is 5.86. The lowest BCUT2D eigenvalue weighted by Gasteiger charge is -1.88. The fourth-order valence-corrected chi connectivity index (χ4v) is 0.365. The molecule has 0 aromatic heterocycles. The van der Waals surface area contributed by atoms with Gasteiger partial charge in [-0.1, -0.05) is 0 Å². The Morgan fingerprint density at radius 1 is 1.67 bits per heavy atom. The van der Waals surface area contributed by atoms with Crippen LogP contribution in [0.2, 0.25) is 0 Å². The summed E-state index contributed by atoms with van der Waals surface area (Å²) in [6.45, 7) is 0. The summed E-state index contributed by atoms with van der Waals surface area (Å²) in [6.07, 6.45) is 5.13. The lowest BCUT2D eigenvalue weighted by Crippen LogP contribution is -2.01. The highest BCUT2D eigenvalue weighted by Crippen LogP contribution is 1.80. The smallest absolute Gasteiger partial charge is 0.142 e. The Morgan fingerprint density at radius 2 is 2.33 bits per heavy atom. The van der Waals surface area contributed by atoms with Gasteiger partial charge >= 0.3 is 0 Å². The van der Waals surface area contributed by atoms with E-state index in [1.165, 1.54) is 12.2 Å². The molecular weight excluding hydrogens is 116 g/mol. The lowest BCUT2D eigenvalue weighted by molar-refractivity contribution is -0.104. The Balaban J connectivity index is 3.74. The fraction of sp³-hybridized carbons (Fsp3) is 0.167. The molecule has 0 saturated carbocycles. The Morgan fingerprint density at radius 3 is 2.78 bits per heavy atom. The van der Waals surface area contributed by atoms with Crippen molar-refractivity contribution in [2.45, 2.75) is 0 Å². The largest absolute Gasteiger partial charge is 0.398 e. The van der Waals surface area contributed by atoms with Crippen LogP contribution in [0.5, 0.6) is 0 Å². The third kappa shape index (κ3) is 4.61. The molecule has 0 aliphatic carbocycles. The zero-order chi connectivity index (χ0) is 7.11. The van der Waals surface area contributed by atoms with Crippen molar-refractivity contribution in [3.8, 4) is 0 Å². The van der Waals surface area contributed by atoms with E-state index in [0.717, 1.165) is 0 Å². The molecular formula is C6H10N2O. The SMILES string of the molecule is CN/C=C(N)\C=C/C=O.